The van der Waals surface area contributed by atoms with E-state index in [1.165, 1.54) is 25.6 Å². The molecule has 1 aromatic carbocycles. The van der Waals surface area contributed by atoms with Crippen molar-refractivity contribution < 1.29 is 24.1 Å². The number of hydrogen-bond donors (Lipinski definition) is 3. The maximum atomic E-state index is 13.5. The fourth-order valence-electron chi connectivity index (χ4n) is 3.26. The fourth-order valence-corrected chi connectivity index (χ4v) is 3.26. The molecule has 0 spiro atoms. The Labute approximate surface area is 159 Å². The number of nitrogens with zero attached hydrogens (tertiary/aromatic N) is 4. The Bertz CT molecular complexity index is 997. The summed E-state index contributed by atoms with van der Waals surface area (Å²) in [5, 5.41) is 23.6. The summed E-state index contributed by atoms with van der Waals surface area (Å²) in [7, 11) is 1.49. The third-order valence-electron chi connectivity index (χ3n) is 4.56. The molecule has 3 aromatic rings. The zero-order valence-corrected chi connectivity index (χ0v) is 15.3. The van der Waals surface area contributed by atoms with Gasteiger partial charge in [0.25, 0.3) is 0 Å². The molecule has 1 aliphatic heterocycles. The number of aliphatic hydroxyl groups is 2. The van der Waals surface area contributed by atoms with Crippen LogP contribution in [-0.2, 0) is 9.47 Å². The van der Waals surface area contributed by atoms with E-state index in [1.807, 2.05) is 0 Å². The van der Waals surface area contributed by atoms with Gasteiger partial charge in [-0.05, 0) is 25.1 Å². The summed E-state index contributed by atoms with van der Waals surface area (Å²) in [6.07, 6.45) is -2.36. The van der Waals surface area contributed by atoms with Gasteiger partial charge in [0.15, 0.2) is 23.2 Å². The molecule has 10 heteroatoms. The molecule has 28 heavy (non-hydrogen) atoms. The van der Waals surface area contributed by atoms with Crippen LogP contribution in [0.1, 0.15) is 12.1 Å². The number of methoxy groups -OCH3 is 1. The summed E-state index contributed by atoms with van der Waals surface area (Å²) in [5.41, 5.74) is 1.36. The van der Waals surface area contributed by atoms with Gasteiger partial charge >= 0.3 is 0 Å². The molecule has 0 unspecified atom stereocenters. The third kappa shape index (κ3) is 3.31. The molecular formula is C18H20FN5O4. The Balaban J connectivity index is 1.71. The lowest BCUT2D eigenvalue weighted by molar-refractivity contribution is -0.0580. The van der Waals surface area contributed by atoms with Gasteiger partial charge < -0.3 is 25.0 Å². The van der Waals surface area contributed by atoms with Gasteiger partial charge in [-0.1, -0.05) is 6.07 Å². The van der Waals surface area contributed by atoms with Crippen molar-refractivity contribution in [2.75, 3.05) is 19.0 Å². The average Bonchev–Trinajstić information content (AvgIpc) is 3.18. The van der Waals surface area contributed by atoms with Crippen LogP contribution in [0.2, 0.25) is 0 Å². The molecule has 3 heterocycles. The topological polar surface area (TPSA) is 115 Å². The quantitative estimate of drug-likeness (QED) is 0.598. The Kier molecular flexibility index (Phi) is 4.94. The van der Waals surface area contributed by atoms with E-state index in [0.29, 0.717) is 28.5 Å². The van der Waals surface area contributed by atoms with Crippen LogP contribution < -0.4 is 5.32 Å². The number of aryl methyl sites for hydroxylation is 1. The van der Waals surface area contributed by atoms with Gasteiger partial charge in [-0.25, -0.2) is 19.3 Å². The first kappa shape index (κ1) is 18.7. The van der Waals surface area contributed by atoms with Gasteiger partial charge in [0.2, 0.25) is 0 Å². The molecule has 0 amide bonds. The first-order valence-electron chi connectivity index (χ1n) is 8.72. The number of fused-ring (bicyclic) bond motifs is 1. The van der Waals surface area contributed by atoms with Crippen molar-refractivity contribution in [2.45, 2.75) is 31.5 Å². The Hall–Kier alpha value is -2.66. The van der Waals surface area contributed by atoms with E-state index in [2.05, 4.69) is 20.3 Å². The molecule has 148 valence electrons. The molecular weight excluding hydrogens is 369 g/mol. The number of nitrogens with one attached hydrogen (secondary N) is 1. The second-order valence-electron chi connectivity index (χ2n) is 6.58. The summed E-state index contributed by atoms with van der Waals surface area (Å²) in [6, 6.07) is 5.98. The summed E-state index contributed by atoms with van der Waals surface area (Å²) < 4.78 is 25.8. The molecule has 1 saturated heterocycles. The second-order valence-corrected chi connectivity index (χ2v) is 6.58. The van der Waals surface area contributed by atoms with Crippen molar-refractivity contribution in [3.8, 4) is 0 Å². The zero-order valence-electron chi connectivity index (χ0n) is 15.3. The average molecular weight is 389 g/mol. The lowest BCUT2D eigenvalue weighted by atomic mass is 10.1. The van der Waals surface area contributed by atoms with Gasteiger partial charge in [-0.15, -0.1) is 0 Å². The number of aliphatic hydroxyl groups excluding tert-OH is 2. The van der Waals surface area contributed by atoms with Crippen molar-refractivity contribution >= 4 is 22.7 Å². The van der Waals surface area contributed by atoms with Crippen LogP contribution in [0.3, 0.4) is 0 Å². The number of rotatable bonds is 5. The second kappa shape index (κ2) is 7.40. The van der Waals surface area contributed by atoms with E-state index in [4.69, 9.17) is 9.47 Å². The minimum Gasteiger partial charge on any atom is -0.387 e. The highest BCUT2D eigenvalue weighted by Crippen LogP contribution is 2.33. The van der Waals surface area contributed by atoms with Crippen LogP contribution in [-0.4, -0.2) is 61.8 Å². The predicted molar refractivity (Wildman–Crippen MR) is 97.5 cm³/mol. The van der Waals surface area contributed by atoms with Crippen molar-refractivity contribution in [3.63, 3.8) is 0 Å². The highest BCUT2D eigenvalue weighted by Gasteiger charge is 2.44. The molecule has 4 rings (SSSR count). The minimum atomic E-state index is -1.17. The molecule has 9 nitrogen and oxygen atoms in total. The van der Waals surface area contributed by atoms with Crippen LogP contribution >= 0.6 is 0 Å². The maximum absolute atomic E-state index is 13.5. The molecule has 4 atom stereocenters. The lowest BCUT2D eigenvalue weighted by Gasteiger charge is -2.17. The predicted octanol–water partition coefficient (Wildman–Crippen LogP) is 1.28. The molecule has 1 aliphatic rings. The first-order valence-corrected chi connectivity index (χ1v) is 8.72. The molecule has 1 fully saturated rings. The number of anilines is 2. The Morgan fingerprint density at radius 1 is 1.29 bits per heavy atom. The Morgan fingerprint density at radius 3 is 2.86 bits per heavy atom. The van der Waals surface area contributed by atoms with Crippen LogP contribution in [0, 0.1) is 12.7 Å². The number of imidazole rings is 1. The third-order valence-corrected chi connectivity index (χ3v) is 4.56. The van der Waals surface area contributed by atoms with Gasteiger partial charge in [0.05, 0.1) is 12.9 Å². The fraction of sp³-hybridized carbons (Fsp3) is 0.389. The SMILES string of the molecule is COC[C@H]1O[C@@H](n2cnc3c(Nc4cccc(F)c4)nc(C)nc32)[C@H](O)[C@@H]1O. The summed E-state index contributed by atoms with van der Waals surface area (Å²) in [4.78, 5) is 13.1. The van der Waals surface area contributed by atoms with Crippen LogP contribution in [0.25, 0.3) is 11.2 Å². The van der Waals surface area contributed by atoms with E-state index in [0.717, 1.165) is 0 Å². The monoisotopic (exact) mass is 389 g/mol. The number of aromatic nitrogens is 4. The minimum absolute atomic E-state index is 0.141. The van der Waals surface area contributed by atoms with E-state index >= 15 is 0 Å². The molecule has 3 N–H and O–H groups in total. The normalized spacial score (nSPS) is 24.8. The summed E-state index contributed by atoms with van der Waals surface area (Å²) in [6.45, 7) is 1.85. The molecule has 2 aromatic heterocycles. The summed E-state index contributed by atoms with van der Waals surface area (Å²) >= 11 is 0. The zero-order chi connectivity index (χ0) is 19.8. The molecule has 0 radical (unpaired) electrons. The molecule has 0 bridgehead atoms. The smallest absolute Gasteiger partial charge is 0.167 e. The van der Waals surface area contributed by atoms with Crippen molar-refractivity contribution in [1.82, 2.24) is 19.5 Å². The Morgan fingerprint density at radius 2 is 2.11 bits per heavy atom. The van der Waals surface area contributed by atoms with Gasteiger partial charge in [0, 0.05) is 12.8 Å². The molecule has 0 aliphatic carbocycles. The van der Waals surface area contributed by atoms with Crippen LogP contribution in [0.15, 0.2) is 30.6 Å². The van der Waals surface area contributed by atoms with E-state index in [9.17, 15) is 14.6 Å². The first-order chi connectivity index (χ1) is 13.5. The van der Waals surface area contributed by atoms with Gasteiger partial charge in [-0.3, -0.25) is 4.57 Å². The van der Waals surface area contributed by atoms with Gasteiger partial charge in [-0.2, -0.15) is 0 Å². The highest BCUT2D eigenvalue weighted by atomic mass is 19.1. The van der Waals surface area contributed by atoms with Crippen LogP contribution in [0.5, 0.6) is 0 Å². The van der Waals surface area contributed by atoms with Crippen molar-refractivity contribution in [3.05, 3.63) is 42.2 Å². The van der Waals surface area contributed by atoms with Gasteiger partial charge in [0.1, 0.15) is 30.0 Å². The van der Waals surface area contributed by atoms with Crippen molar-refractivity contribution in [1.29, 1.82) is 0 Å². The highest BCUT2D eigenvalue weighted by molar-refractivity contribution is 5.85. The lowest BCUT2D eigenvalue weighted by Crippen LogP contribution is -2.33. The number of benzene rings is 1. The summed E-state index contributed by atoms with van der Waals surface area (Å²) in [5.74, 6) is 0.473. The molecule has 0 saturated carbocycles. The van der Waals surface area contributed by atoms with Crippen LogP contribution in [0.4, 0.5) is 15.9 Å². The number of hydrogen-bond acceptors (Lipinski definition) is 8. The number of halogens is 1. The van der Waals surface area contributed by atoms with E-state index in [1.54, 1.807) is 23.6 Å². The maximum Gasteiger partial charge on any atom is 0.167 e. The van der Waals surface area contributed by atoms with E-state index < -0.39 is 24.5 Å². The number of ether oxygens (including phenoxy) is 2. The largest absolute Gasteiger partial charge is 0.387 e. The van der Waals surface area contributed by atoms with Crippen molar-refractivity contribution in [2.24, 2.45) is 0 Å². The van der Waals surface area contributed by atoms with E-state index in [-0.39, 0.29) is 12.4 Å². The standard InChI is InChI=1S/C18H20FN5O4/c1-9-21-16(23-11-5-3-4-10(19)6-11)13-17(22-9)24(8-20-13)18-15(26)14(25)12(28-18)7-27-2/h3-6,8,12,14-15,18,25-26H,7H2,1-2H3,(H,21,22,23)/t12-,14-,15-,18-/m1/s1.